The fraction of sp³-hybridized carbons (Fsp3) is 0.625. The smallest absolute Gasteiger partial charge is 0.115 e. The van der Waals surface area contributed by atoms with Crippen LogP contribution in [0.4, 0.5) is 0 Å². The molecule has 1 fully saturated rings. The van der Waals surface area contributed by atoms with Gasteiger partial charge in [0.05, 0.1) is 0 Å². The van der Waals surface area contributed by atoms with Gasteiger partial charge in [-0.3, -0.25) is 0 Å². The zero-order valence-corrected chi connectivity index (χ0v) is 12.3. The molecule has 3 unspecified atom stereocenters. The number of hydrogen-bond acceptors (Lipinski definition) is 3. The largest absolute Gasteiger partial charge is 0.508 e. The maximum Gasteiger partial charge on any atom is 0.115 e. The number of nitrogens with zero attached hydrogens (tertiary/aromatic N) is 1. The number of hydrazine groups is 1. The molecule has 2 N–H and O–H groups in total. The Morgan fingerprint density at radius 1 is 1.21 bits per heavy atom. The van der Waals surface area contributed by atoms with E-state index in [0.29, 0.717) is 23.9 Å². The second-order valence-corrected chi connectivity index (χ2v) is 5.72. The van der Waals surface area contributed by atoms with Gasteiger partial charge in [-0.2, -0.15) is 0 Å². The van der Waals surface area contributed by atoms with Crippen LogP contribution in [0.1, 0.15) is 58.1 Å². The predicted octanol–water partition coefficient (Wildman–Crippen LogP) is 3.61. The van der Waals surface area contributed by atoms with E-state index in [4.69, 9.17) is 0 Å². The van der Waals surface area contributed by atoms with Gasteiger partial charge in [-0.15, -0.1) is 0 Å². The highest BCUT2D eigenvalue weighted by Gasteiger charge is 2.26. The van der Waals surface area contributed by atoms with Crippen LogP contribution in [0.25, 0.3) is 0 Å². The van der Waals surface area contributed by atoms with Gasteiger partial charge in [0, 0.05) is 18.1 Å². The minimum Gasteiger partial charge on any atom is -0.508 e. The maximum atomic E-state index is 9.39. The molecule has 3 nitrogen and oxygen atoms in total. The SMILES string of the molecule is CCC(NN1C(C)CCCC1C)c1ccc(O)cc1. The predicted molar refractivity (Wildman–Crippen MR) is 78.9 cm³/mol. The lowest BCUT2D eigenvalue weighted by Gasteiger charge is -2.41. The first kappa shape index (κ1) is 14.4. The second kappa shape index (κ2) is 6.40. The van der Waals surface area contributed by atoms with E-state index in [1.807, 2.05) is 12.1 Å². The average Bonchev–Trinajstić information content (AvgIpc) is 2.40. The summed E-state index contributed by atoms with van der Waals surface area (Å²) in [6, 6.07) is 9.06. The molecule has 1 aliphatic heterocycles. The molecule has 0 spiro atoms. The Bertz CT molecular complexity index is 380. The van der Waals surface area contributed by atoms with E-state index in [9.17, 15) is 5.11 Å². The molecule has 0 aromatic heterocycles. The van der Waals surface area contributed by atoms with Gasteiger partial charge in [-0.05, 0) is 50.8 Å². The van der Waals surface area contributed by atoms with E-state index in [0.717, 1.165) is 6.42 Å². The molecule has 1 heterocycles. The molecule has 0 saturated carbocycles. The third-order valence-corrected chi connectivity index (χ3v) is 4.20. The van der Waals surface area contributed by atoms with E-state index >= 15 is 0 Å². The Kier molecular flexibility index (Phi) is 4.83. The summed E-state index contributed by atoms with van der Waals surface area (Å²) in [5, 5.41) is 11.8. The third-order valence-electron chi connectivity index (χ3n) is 4.20. The van der Waals surface area contributed by atoms with Crippen molar-refractivity contribution in [1.82, 2.24) is 10.4 Å². The third kappa shape index (κ3) is 3.48. The number of hydrogen-bond donors (Lipinski definition) is 2. The number of piperidine rings is 1. The average molecular weight is 262 g/mol. The molecule has 1 aromatic rings. The topological polar surface area (TPSA) is 35.5 Å². The van der Waals surface area contributed by atoms with E-state index in [1.165, 1.54) is 24.8 Å². The van der Waals surface area contributed by atoms with Gasteiger partial charge in [0.1, 0.15) is 5.75 Å². The van der Waals surface area contributed by atoms with Crippen LogP contribution in [0.5, 0.6) is 5.75 Å². The van der Waals surface area contributed by atoms with Crippen molar-refractivity contribution in [2.45, 2.75) is 64.6 Å². The maximum absolute atomic E-state index is 9.39. The van der Waals surface area contributed by atoms with Gasteiger partial charge in [0.25, 0.3) is 0 Å². The van der Waals surface area contributed by atoms with Gasteiger partial charge >= 0.3 is 0 Å². The molecule has 19 heavy (non-hydrogen) atoms. The Balaban J connectivity index is 2.07. The number of phenolic OH excluding ortho intramolecular Hbond substituents is 1. The molecule has 2 rings (SSSR count). The van der Waals surface area contributed by atoms with Crippen molar-refractivity contribution in [3.8, 4) is 5.75 Å². The van der Waals surface area contributed by atoms with Crippen LogP contribution in [-0.2, 0) is 0 Å². The summed E-state index contributed by atoms with van der Waals surface area (Å²) in [5.41, 5.74) is 4.93. The zero-order chi connectivity index (χ0) is 13.8. The first-order valence-electron chi connectivity index (χ1n) is 7.45. The molecule has 1 aromatic carbocycles. The van der Waals surface area contributed by atoms with Crippen molar-refractivity contribution in [2.24, 2.45) is 0 Å². The van der Waals surface area contributed by atoms with Crippen molar-refractivity contribution in [3.63, 3.8) is 0 Å². The zero-order valence-electron chi connectivity index (χ0n) is 12.3. The van der Waals surface area contributed by atoms with Crippen LogP contribution in [0.15, 0.2) is 24.3 Å². The van der Waals surface area contributed by atoms with Crippen molar-refractivity contribution < 1.29 is 5.11 Å². The fourth-order valence-corrected chi connectivity index (χ4v) is 2.96. The van der Waals surface area contributed by atoms with E-state index < -0.39 is 0 Å². The molecule has 106 valence electrons. The minimum atomic E-state index is 0.323. The van der Waals surface area contributed by atoms with E-state index in [1.54, 1.807) is 12.1 Å². The fourth-order valence-electron chi connectivity index (χ4n) is 2.96. The van der Waals surface area contributed by atoms with E-state index in [-0.39, 0.29) is 0 Å². The number of benzene rings is 1. The van der Waals surface area contributed by atoms with Gasteiger partial charge in [0.2, 0.25) is 0 Å². The van der Waals surface area contributed by atoms with Crippen LogP contribution in [0.2, 0.25) is 0 Å². The Morgan fingerprint density at radius 3 is 2.32 bits per heavy atom. The number of aromatic hydroxyl groups is 1. The summed E-state index contributed by atoms with van der Waals surface area (Å²) < 4.78 is 0. The Morgan fingerprint density at radius 2 is 1.79 bits per heavy atom. The monoisotopic (exact) mass is 262 g/mol. The molecule has 1 aliphatic rings. The van der Waals surface area contributed by atoms with Crippen molar-refractivity contribution >= 4 is 0 Å². The second-order valence-electron chi connectivity index (χ2n) is 5.72. The van der Waals surface area contributed by atoms with Crippen molar-refractivity contribution in [2.75, 3.05) is 0 Å². The molecule has 3 heteroatoms. The van der Waals surface area contributed by atoms with Crippen LogP contribution in [-0.4, -0.2) is 22.2 Å². The van der Waals surface area contributed by atoms with Crippen molar-refractivity contribution in [3.05, 3.63) is 29.8 Å². The first-order valence-corrected chi connectivity index (χ1v) is 7.45. The molecule has 1 saturated heterocycles. The van der Waals surface area contributed by atoms with Crippen LogP contribution >= 0.6 is 0 Å². The summed E-state index contributed by atoms with van der Waals surface area (Å²) in [4.78, 5) is 0. The molecule has 0 amide bonds. The van der Waals surface area contributed by atoms with Crippen LogP contribution in [0, 0.1) is 0 Å². The lowest BCUT2D eigenvalue weighted by atomic mass is 9.99. The Labute approximate surface area is 116 Å². The normalized spacial score (nSPS) is 26.3. The number of nitrogens with one attached hydrogen (secondary N) is 1. The minimum absolute atomic E-state index is 0.323. The van der Waals surface area contributed by atoms with Crippen LogP contribution in [0.3, 0.4) is 0 Å². The molecule has 3 atom stereocenters. The van der Waals surface area contributed by atoms with E-state index in [2.05, 4.69) is 31.2 Å². The highest BCUT2D eigenvalue weighted by Crippen LogP contribution is 2.25. The highest BCUT2D eigenvalue weighted by molar-refractivity contribution is 5.27. The molecule has 0 aliphatic carbocycles. The van der Waals surface area contributed by atoms with Gasteiger partial charge in [-0.1, -0.05) is 25.5 Å². The molecule has 0 bridgehead atoms. The molecule has 0 radical (unpaired) electrons. The lowest BCUT2D eigenvalue weighted by Crippen LogP contribution is -2.53. The highest BCUT2D eigenvalue weighted by atomic mass is 16.3. The first-order chi connectivity index (χ1) is 9.11. The summed E-state index contributed by atoms with van der Waals surface area (Å²) in [7, 11) is 0. The van der Waals surface area contributed by atoms with Gasteiger partial charge < -0.3 is 5.11 Å². The van der Waals surface area contributed by atoms with Crippen LogP contribution < -0.4 is 5.43 Å². The van der Waals surface area contributed by atoms with Gasteiger partial charge in [-0.25, -0.2) is 10.4 Å². The Hall–Kier alpha value is -1.06. The summed E-state index contributed by atoms with van der Waals surface area (Å²) in [5.74, 6) is 0.332. The van der Waals surface area contributed by atoms with Gasteiger partial charge in [0.15, 0.2) is 0 Å². The molecular formula is C16H26N2O. The summed E-state index contributed by atoms with van der Waals surface area (Å²) in [6.07, 6.45) is 4.91. The summed E-state index contributed by atoms with van der Waals surface area (Å²) >= 11 is 0. The standard InChI is InChI=1S/C16H26N2O/c1-4-16(14-8-10-15(19)11-9-14)17-18-12(2)6-5-7-13(18)3/h8-13,16-17,19H,4-7H2,1-3H3. The quantitative estimate of drug-likeness (QED) is 0.870. The number of rotatable bonds is 4. The number of phenols is 1. The summed E-state index contributed by atoms with van der Waals surface area (Å²) in [6.45, 7) is 6.79. The molecular weight excluding hydrogens is 236 g/mol. The van der Waals surface area contributed by atoms with Crippen molar-refractivity contribution in [1.29, 1.82) is 0 Å². The lowest BCUT2D eigenvalue weighted by molar-refractivity contribution is 0.0283.